The van der Waals surface area contributed by atoms with Crippen LogP contribution in [0, 0.1) is 0 Å². The predicted molar refractivity (Wildman–Crippen MR) is 107 cm³/mol. The fourth-order valence-corrected chi connectivity index (χ4v) is 3.96. The van der Waals surface area contributed by atoms with E-state index in [4.69, 9.17) is 9.47 Å². The number of methoxy groups -OCH3 is 2. The summed E-state index contributed by atoms with van der Waals surface area (Å²) in [7, 11) is 2.96. The number of benzene rings is 2. The van der Waals surface area contributed by atoms with Crippen molar-refractivity contribution >= 4 is 18.2 Å². The maximum Gasteiger partial charge on any atom is 0.332 e. The summed E-state index contributed by atoms with van der Waals surface area (Å²) in [6.07, 6.45) is 1.99. The molecule has 7 heteroatoms. The molecule has 0 amide bonds. The Morgan fingerprint density at radius 1 is 1.07 bits per heavy atom. The number of carbonyl (C=O) groups excluding carboxylic acids is 2. The summed E-state index contributed by atoms with van der Waals surface area (Å²) in [5.74, 6) is 2.32. The molecule has 0 saturated carbocycles. The van der Waals surface area contributed by atoms with Crippen molar-refractivity contribution in [3.63, 3.8) is 0 Å². The minimum atomic E-state index is -0.762. The molecule has 0 aliphatic carbocycles. The first kappa shape index (κ1) is 18.9. The minimum Gasteiger partial charge on any atom is -0.497 e. The average Bonchev–Trinajstić information content (AvgIpc) is 3.17. The van der Waals surface area contributed by atoms with Crippen LogP contribution in [0.4, 0.5) is 0 Å². The molecule has 0 bridgehead atoms. The molecular formula is C22H21N3O4. The van der Waals surface area contributed by atoms with Gasteiger partial charge < -0.3 is 9.47 Å². The standard InChI is InChI=1S/C22H21N3O4/c1-28-18-10-8-16(9-11-18)21-20(22(27)29-2)23-14-24-17(13-26)12-19(25(21)24)15-6-4-3-5-7-15/h3-11,14,19-21H,12H2,1-2H3. The van der Waals surface area contributed by atoms with Gasteiger partial charge in [0.2, 0.25) is 0 Å². The highest BCUT2D eigenvalue weighted by Crippen LogP contribution is 2.46. The Bertz CT molecular complexity index is 967. The van der Waals surface area contributed by atoms with Gasteiger partial charge in [-0.05, 0) is 23.3 Å². The van der Waals surface area contributed by atoms with Gasteiger partial charge in [-0.3, -0.25) is 10.0 Å². The smallest absolute Gasteiger partial charge is 0.332 e. The van der Waals surface area contributed by atoms with E-state index >= 15 is 0 Å². The highest BCUT2D eigenvalue weighted by molar-refractivity contribution is 5.81. The van der Waals surface area contributed by atoms with E-state index in [0.29, 0.717) is 17.9 Å². The quantitative estimate of drug-likeness (QED) is 0.590. The Labute approximate surface area is 168 Å². The van der Waals surface area contributed by atoms with E-state index in [1.165, 1.54) is 13.4 Å². The maximum atomic E-state index is 12.6. The molecule has 2 aliphatic heterocycles. The summed E-state index contributed by atoms with van der Waals surface area (Å²) in [6.45, 7) is 0. The van der Waals surface area contributed by atoms with Gasteiger partial charge in [0, 0.05) is 6.42 Å². The molecule has 3 unspecified atom stereocenters. The highest BCUT2D eigenvalue weighted by atomic mass is 16.5. The number of hydrogen-bond donors (Lipinski definition) is 0. The van der Waals surface area contributed by atoms with Gasteiger partial charge in [-0.25, -0.2) is 9.59 Å². The number of rotatable bonds is 4. The van der Waals surface area contributed by atoms with Crippen LogP contribution >= 0.6 is 0 Å². The predicted octanol–water partition coefficient (Wildman–Crippen LogP) is 2.70. The molecule has 1 fully saturated rings. The van der Waals surface area contributed by atoms with Crippen LogP contribution in [0.2, 0.25) is 0 Å². The van der Waals surface area contributed by atoms with Gasteiger partial charge in [0.05, 0.1) is 26.3 Å². The van der Waals surface area contributed by atoms with E-state index in [2.05, 4.69) is 4.99 Å². The topological polar surface area (TPSA) is 71.4 Å². The third-order valence-electron chi connectivity index (χ3n) is 5.35. The van der Waals surface area contributed by atoms with Gasteiger partial charge in [0.15, 0.2) is 6.04 Å². The van der Waals surface area contributed by atoms with Gasteiger partial charge in [-0.1, -0.05) is 42.5 Å². The molecule has 0 aromatic heterocycles. The van der Waals surface area contributed by atoms with E-state index in [1.807, 2.05) is 65.5 Å². The molecule has 7 nitrogen and oxygen atoms in total. The van der Waals surface area contributed by atoms with Crippen LogP contribution in [0.3, 0.4) is 0 Å². The van der Waals surface area contributed by atoms with Crippen LogP contribution in [0.1, 0.15) is 29.6 Å². The van der Waals surface area contributed by atoms with E-state index in [0.717, 1.165) is 11.1 Å². The first-order chi connectivity index (χ1) is 14.2. The average molecular weight is 391 g/mol. The highest BCUT2D eigenvalue weighted by Gasteiger charge is 2.48. The second-order valence-corrected chi connectivity index (χ2v) is 6.85. The summed E-state index contributed by atoms with van der Waals surface area (Å²) >= 11 is 0. The third kappa shape index (κ3) is 3.31. The van der Waals surface area contributed by atoms with Crippen LogP contribution in [0.25, 0.3) is 0 Å². The largest absolute Gasteiger partial charge is 0.497 e. The Morgan fingerprint density at radius 2 is 1.79 bits per heavy atom. The fraction of sp³-hybridized carbons (Fsp3) is 0.273. The Balaban J connectivity index is 1.85. The number of hydrogen-bond acceptors (Lipinski definition) is 7. The lowest BCUT2D eigenvalue weighted by Crippen LogP contribution is -2.49. The summed E-state index contributed by atoms with van der Waals surface area (Å²) in [4.78, 5) is 28.6. The molecule has 0 N–H and O–H groups in total. The number of esters is 1. The summed E-state index contributed by atoms with van der Waals surface area (Å²) in [6, 6.07) is 16.0. The second kappa shape index (κ2) is 7.91. The van der Waals surface area contributed by atoms with Gasteiger partial charge >= 0.3 is 5.97 Å². The van der Waals surface area contributed by atoms with Crippen molar-refractivity contribution in [3.05, 3.63) is 71.4 Å². The molecule has 0 spiro atoms. The van der Waals surface area contributed by atoms with E-state index in [9.17, 15) is 9.59 Å². The number of fused-ring (bicyclic) bond motifs is 1. The number of aliphatic imine (C=N–C) groups is 1. The zero-order valence-electron chi connectivity index (χ0n) is 16.2. The van der Waals surface area contributed by atoms with Crippen LogP contribution < -0.4 is 4.74 Å². The Hall–Kier alpha value is -3.41. The summed E-state index contributed by atoms with van der Waals surface area (Å²) in [5.41, 5.74) is 2.39. The Morgan fingerprint density at radius 3 is 2.41 bits per heavy atom. The molecule has 2 heterocycles. The number of nitrogens with zero attached hydrogens (tertiary/aromatic N) is 3. The van der Waals surface area contributed by atoms with E-state index in [-0.39, 0.29) is 6.04 Å². The van der Waals surface area contributed by atoms with Crippen molar-refractivity contribution in [2.24, 2.45) is 4.99 Å². The fourth-order valence-electron chi connectivity index (χ4n) is 3.96. The minimum absolute atomic E-state index is 0.140. The molecule has 2 aliphatic rings. The monoisotopic (exact) mass is 391 g/mol. The molecule has 3 atom stereocenters. The van der Waals surface area contributed by atoms with Crippen molar-refractivity contribution in [2.45, 2.75) is 24.5 Å². The molecule has 29 heavy (non-hydrogen) atoms. The molecule has 2 aromatic rings. The summed E-state index contributed by atoms with van der Waals surface area (Å²) in [5, 5.41) is 3.73. The van der Waals surface area contributed by atoms with Crippen LogP contribution in [-0.2, 0) is 14.3 Å². The lowest BCUT2D eigenvalue weighted by Gasteiger charge is -2.42. The lowest BCUT2D eigenvalue weighted by molar-refractivity contribution is -0.146. The Kier molecular flexibility index (Phi) is 5.16. The van der Waals surface area contributed by atoms with Crippen molar-refractivity contribution in [1.29, 1.82) is 0 Å². The number of carbonyl (C=O) groups is 1. The molecular weight excluding hydrogens is 370 g/mol. The van der Waals surface area contributed by atoms with E-state index in [1.54, 1.807) is 12.1 Å². The maximum absolute atomic E-state index is 12.6. The first-order valence-electron chi connectivity index (χ1n) is 9.29. The number of ether oxygens (including phenoxy) is 2. The van der Waals surface area contributed by atoms with Crippen molar-refractivity contribution in [3.8, 4) is 5.75 Å². The zero-order valence-corrected chi connectivity index (χ0v) is 16.2. The molecule has 1 saturated heterocycles. The zero-order chi connectivity index (χ0) is 20.4. The third-order valence-corrected chi connectivity index (χ3v) is 5.35. The van der Waals surface area contributed by atoms with Gasteiger partial charge in [0.1, 0.15) is 23.7 Å². The van der Waals surface area contributed by atoms with Crippen molar-refractivity contribution in [2.75, 3.05) is 14.2 Å². The van der Waals surface area contributed by atoms with Crippen LogP contribution in [0.15, 0.2) is 65.3 Å². The first-order valence-corrected chi connectivity index (χ1v) is 9.29. The summed E-state index contributed by atoms with van der Waals surface area (Å²) < 4.78 is 10.3. The van der Waals surface area contributed by atoms with Crippen LogP contribution in [0.5, 0.6) is 5.75 Å². The second-order valence-electron chi connectivity index (χ2n) is 6.85. The number of hydrazine groups is 1. The van der Waals surface area contributed by atoms with Crippen LogP contribution in [-0.4, -0.2) is 48.5 Å². The van der Waals surface area contributed by atoms with Crippen molar-refractivity contribution < 1.29 is 19.1 Å². The molecule has 0 radical (unpaired) electrons. The van der Waals surface area contributed by atoms with Gasteiger partial charge in [-0.15, -0.1) is 0 Å². The van der Waals surface area contributed by atoms with Gasteiger partial charge in [0.25, 0.3) is 0 Å². The molecule has 2 aromatic carbocycles. The lowest BCUT2D eigenvalue weighted by atomic mass is 9.95. The molecule has 4 rings (SSSR count). The normalized spacial score (nSPS) is 23.4. The van der Waals surface area contributed by atoms with Crippen molar-refractivity contribution in [1.82, 2.24) is 10.0 Å². The molecule has 148 valence electrons. The van der Waals surface area contributed by atoms with E-state index < -0.39 is 18.1 Å². The van der Waals surface area contributed by atoms with Gasteiger partial charge in [-0.2, -0.15) is 5.01 Å². The SMILES string of the molecule is COC(=O)C1N=CN2C(=C=O)CC(c3ccccc3)N2C1c1ccc(OC)cc1.